The maximum Gasteiger partial charge on any atom is 0.0862 e. The van der Waals surface area contributed by atoms with Crippen molar-refractivity contribution in [1.82, 2.24) is 0 Å². The Labute approximate surface area is 102 Å². The van der Waals surface area contributed by atoms with Gasteiger partial charge in [0.1, 0.15) is 0 Å². The predicted molar refractivity (Wildman–Crippen MR) is 66.3 cm³/mol. The van der Waals surface area contributed by atoms with Gasteiger partial charge < -0.3 is 0 Å². The van der Waals surface area contributed by atoms with E-state index < -0.39 is 10.8 Å². The van der Waals surface area contributed by atoms with Gasteiger partial charge in [-0.15, -0.1) is 0 Å². The monoisotopic (exact) mass is 248 g/mol. The first kappa shape index (κ1) is 10.1. The fourth-order valence-electron chi connectivity index (χ4n) is 2.01. The van der Waals surface area contributed by atoms with E-state index in [4.69, 9.17) is 11.6 Å². The molecule has 1 aliphatic heterocycles. The lowest BCUT2D eigenvalue weighted by molar-refractivity contribution is 0.685. The average Bonchev–Trinajstić information content (AvgIpc) is 2.52. The summed E-state index contributed by atoms with van der Waals surface area (Å²) in [6, 6.07) is 11.5. The summed E-state index contributed by atoms with van der Waals surface area (Å²) >= 11 is 5.98. The highest BCUT2D eigenvalue weighted by molar-refractivity contribution is 7.85. The van der Waals surface area contributed by atoms with Crippen LogP contribution in [-0.4, -0.2) is 4.21 Å². The van der Waals surface area contributed by atoms with E-state index in [2.05, 4.69) is 6.07 Å². The van der Waals surface area contributed by atoms with Crippen LogP contribution in [0.5, 0.6) is 0 Å². The minimum absolute atomic E-state index is 0.685. The molecule has 1 heterocycles. The summed E-state index contributed by atoms with van der Waals surface area (Å²) in [6.07, 6.45) is 0. The largest absolute Gasteiger partial charge is 0.249 e. The molecule has 2 aromatic rings. The van der Waals surface area contributed by atoms with Crippen molar-refractivity contribution in [1.29, 1.82) is 0 Å². The third kappa shape index (κ3) is 1.34. The summed E-state index contributed by atoms with van der Waals surface area (Å²) in [6.45, 7) is 2.03. The lowest BCUT2D eigenvalue weighted by atomic mass is 10.0. The Morgan fingerprint density at radius 3 is 2.38 bits per heavy atom. The van der Waals surface area contributed by atoms with Crippen LogP contribution in [0.25, 0.3) is 11.1 Å². The quantitative estimate of drug-likeness (QED) is 0.592. The molecule has 0 aromatic heterocycles. The van der Waals surface area contributed by atoms with E-state index in [9.17, 15) is 4.21 Å². The van der Waals surface area contributed by atoms with Crippen molar-refractivity contribution in [3.05, 3.63) is 47.0 Å². The van der Waals surface area contributed by atoms with Gasteiger partial charge in [0.25, 0.3) is 0 Å². The normalized spacial score (nSPS) is 17.0. The summed E-state index contributed by atoms with van der Waals surface area (Å²) in [5.74, 6) is 0. The van der Waals surface area contributed by atoms with Crippen molar-refractivity contribution in [3.63, 3.8) is 0 Å². The second-order valence-electron chi connectivity index (χ2n) is 3.91. The van der Waals surface area contributed by atoms with Crippen molar-refractivity contribution >= 4 is 22.4 Å². The second-order valence-corrected chi connectivity index (χ2v) is 5.76. The Bertz CT molecular complexity index is 566. The molecular formula is C13H9ClOS. The molecular weight excluding hydrogens is 240 g/mol. The van der Waals surface area contributed by atoms with Crippen LogP contribution in [0.2, 0.25) is 5.02 Å². The Kier molecular flexibility index (Phi) is 2.16. The smallest absolute Gasteiger partial charge is 0.0862 e. The zero-order valence-corrected chi connectivity index (χ0v) is 10.2. The molecule has 0 saturated carbocycles. The van der Waals surface area contributed by atoms with E-state index in [1.807, 2.05) is 31.2 Å². The van der Waals surface area contributed by atoms with Crippen LogP contribution in [0.4, 0.5) is 0 Å². The molecule has 1 unspecified atom stereocenters. The van der Waals surface area contributed by atoms with E-state index in [-0.39, 0.29) is 0 Å². The van der Waals surface area contributed by atoms with E-state index >= 15 is 0 Å². The third-order valence-corrected chi connectivity index (χ3v) is 4.51. The van der Waals surface area contributed by atoms with Crippen LogP contribution < -0.4 is 0 Å². The molecule has 0 bridgehead atoms. The van der Waals surface area contributed by atoms with E-state index in [0.717, 1.165) is 20.9 Å². The number of halogens is 1. The topological polar surface area (TPSA) is 17.1 Å². The first-order valence-electron chi connectivity index (χ1n) is 4.99. The molecule has 0 fully saturated rings. The molecule has 2 aromatic carbocycles. The van der Waals surface area contributed by atoms with Gasteiger partial charge in [-0.05, 0) is 36.8 Å². The van der Waals surface area contributed by atoms with Crippen molar-refractivity contribution in [3.8, 4) is 11.1 Å². The van der Waals surface area contributed by atoms with Crippen molar-refractivity contribution < 1.29 is 4.21 Å². The van der Waals surface area contributed by atoms with Gasteiger partial charge in [-0.2, -0.15) is 0 Å². The average molecular weight is 249 g/mol. The predicted octanol–water partition coefficient (Wildman–Crippen LogP) is 3.80. The van der Waals surface area contributed by atoms with Crippen LogP contribution in [0, 0.1) is 6.92 Å². The number of aryl methyl sites for hydroxylation is 1. The summed E-state index contributed by atoms with van der Waals surface area (Å²) in [5, 5.41) is 0.685. The van der Waals surface area contributed by atoms with E-state index in [1.54, 1.807) is 6.07 Å². The van der Waals surface area contributed by atoms with E-state index in [0.29, 0.717) is 5.02 Å². The van der Waals surface area contributed by atoms with Gasteiger partial charge >= 0.3 is 0 Å². The zero-order valence-electron chi connectivity index (χ0n) is 8.66. The Hall–Kier alpha value is -1.12. The lowest BCUT2D eigenvalue weighted by Crippen LogP contribution is -1.85. The molecule has 0 aliphatic carbocycles. The molecule has 0 saturated heterocycles. The summed E-state index contributed by atoms with van der Waals surface area (Å²) < 4.78 is 12.2. The standard InChI is InChI=1S/C13H9ClOS/c1-8-2-4-12-10(6-8)11-7-9(14)3-5-13(11)16(12)15/h2-7H,1H3. The Morgan fingerprint density at radius 2 is 1.62 bits per heavy atom. The zero-order chi connectivity index (χ0) is 11.3. The summed E-state index contributed by atoms with van der Waals surface area (Å²) in [7, 11) is -1.05. The number of rotatable bonds is 0. The van der Waals surface area contributed by atoms with Crippen LogP contribution >= 0.6 is 11.6 Å². The molecule has 1 atom stereocenters. The van der Waals surface area contributed by atoms with Crippen LogP contribution in [0.15, 0.2) is 46.2 Å². The Balaban J connectivity index is 2.37. The molecule has 1 nitrogen and oxygen atoms in total. The minimum Gasteiger partial charge on any atom is -0.249 e. The minimum atomic E-state index is -1.05. The van der Waals surface area contributed by atoms with Crippen molar-refractivity contribution in [2.24, 2.45) is 0 Å². The number of benzene rings is 2. The maximum atomic E-state index is 12.2. The Morgan fingerprint density at radius 1 is 1.00 bits per heavy atom. The number of hydrogen-bond donors (Lipinski definition) is 0. The van der Waals surface area contributed by atoms with Crippen molar-refractivity contribution in [2.75, 3.05) is 0 Å². The maximum absolute atomic E-state index is 12.2. The highest BCUT2D eigenvalue weighted by atomic mass is 35.5. The first-order valence-corrected chi connectivity index (χ1v) is 6.52. The highest BCUT2D eigenvalue weighted by Gasteiger charge is 2.25. The van der Waals surface area contributed by atoms with Crippen LogP contribution in [0.3, 0.4) is 0 Å². The summed E-state index contributed by atoms with van der Waals surface area (Å²) in [4.78, 5) is 1.76. The van der Waals surface area contributed by atoms with Gasteiger partial charge in [0.05, 0.1) is 20.6 Å². The van der Waals surface area contributed by atoms with Crippen molar-refractivity contribution in [2.45, 2.75) is 16.7 Å². The second kappa shape index (κ2) is 3.44. The van der Waals surface area contributed by atoms with Gasteiger partial charge in [0.15, 0.2) is 0 Å². The molecule has 3 rings (SSSR count). The SMILES string of the molecule is Cc1ccc2c(c1)-c1cc(Cl)ccc1S2=O. The molecule has 16 heavy (non-hydrogen) atoms. The van der Waals surface area contributed by atoms with E-state index in [1.165, 1.54) is 5.56 Å². The third-order valence-electron chi connectivity index (χ3n) is 2.77. The fraction of sp³-hybridized carbons (Fsp3) is 0.0769. The summed E-state index contributed by atoms with van der Waals surface area (Å²) in [5.41, 5.74) is 3.23. The molecule has 3 heteroatoms. The van der Waals surface area contributed by atoms with Crippen LogP contribution in [0.1, 0.15) is 5.56 Å². The molecule has 1 aliphatic rings. The fourth-order valence-corrected chi connectivity index (χ4v) is 3.54. The van der Waals surface area contributed by atoms with Gasteiger partial charge in [0.2, 0.25) is 0 Å². The lowest BCUT2D eigenvalue weighted by Gasteiger charge is -2.00. The van der Waals surface area contributed by atoms with Crippen LogP contribution in [-0.2, 0) is 10.8 Å². The molecule has 80 valence electrons. The first-order chi connectivity index (χ1) is 7.66. The van der Waals surface area contributed by atoms with Gasteiger partial charge in [-0.3, -0.25) is 0 Å². The molecule has 0 radical (unpaired) electrons. The molecule has 0 spiro atoms. The molecule has 0 N–H and O–H groups in total. The highest BCUT2D eigenvalue weighted by Crippen LogP contribution is 2.41. The van der Waals surface area contributed by atoms with Gasteiger partial charge in [-0.1, -0.05) is 29.3 Å². The number of fused-ring (bicyclic) bond motifs is 3. The molecule has 0 amide bonds. The van der Waals surface area contributed by atoms with Gasteiger partial charge in [-0.25, -0.2) is 4.21 Å². The van der Waals surface area contributed by atoms with Gasteiger partial charge in [0, 0.05) is 10.6 Å². The number of hydrogen-bond acceptors (Lipinski definition) is 1.